The lowest BCUT2D eigenvalue weighted by molar-refractivity contribution is 1.26. The van der Waals surface area contributed by atoms with Gasteiger partial charge in [-0.1, -0.05) is 13.8 Å². The molecular formula is C9H13N2P. The Balaban J connectivity index is 0.000000336. The van der Waals surface area contributed by atoms with Gasteiger partial charge in [0.25, 0.3) is 0 Å². The molecule has 3 heteroatoms. The molecule has 0 fully saturated rings. The number of rotatable bonds is 0. The monoisotopic (exact) mass is 180 g/mol. The molecule has 2 rings (SSSR count). The van der Waals surface area contributed by atoms with Crippen molar-refractivity contribution >= 4 is 20.4 Å². The van der Waals surface area contributed by atoms with Crippen LogP contribution in [0.25, 0.3) is 11.0 Å². The molecule has 12 heavy (non-hydrogen) atoms. The van der Waals surface area contributed by atoms with Crippen LogP contribution >= 0.6 is 9.39 Å². The minimum atomic E-state index is 1.01. The highest BCUT2D eigenvalue weighted by Crippen LogP contribution is 2.13. The van der Waals surface area contributed by atoms with Gasteiger partial charge in [-0.15, -0.1) is 0 Å². The van der Waals surface area contributed by atoms with Gasteiger partial charge >= 0.3 is 0 Å². The summed E-state index contributed by atoms with van der Waals surface area (Å²) in [6.45, 7) is 4.00. The van der Waals surface area contributed by atoms with E-state index in [0.717, 1.165) is 5.65 Å². The molecule has 1 atom stereocenters. The Kier molecular flexibility index (Phi) is 3.24. The Hall–Kier alpha value is -0.880. The van der Waals surface area contributed by atoms with Gasteiger partial charge in [0, 0.05) is 17.8 Å². The highest BCUT2D eigenvalue weighted by Gasteiger charge is 1.94. The molecule has 0 amide bonds. The third-order valence-corrected chi connectivity index (χ3v) is 1.89. The number of hydrogen-bond donors (Lipinski definition) is 0. The minimum absolute atomic E-state index is 1.01. The molecule has 0 bridgehead atoms. The van der Waals surface area contributed by atoms with Crippen LogP contribution in [-0.4, -0.2) is 9.32 Å². The number of fused-ring (bicyclic) bond motifs is 1. The summed E-state index contributed by atoms with van der Waals surface area (Å²) in [7, 11) is 2.58. The molecular weight excluding hydrogens is 167 g/mol. The van der Waals surface area contributed by atoms with Crippen LogP contribution in [0.5, 0.6) is 0 Å². The molecule has 0 N–H and O–H groups in total. The normalized spacial score (nSPS) is 9.25. The highest BCUT2D eigenvalue weighted by molar-refractivity contribution is 7.14. The van der Waals surface area contributed by atoms with E-state index in [-0.39, 0.29) is 0 Å². The van der Waals surface area contributed by atoms with Gasteiger partial charge in [-0.2, -0.15) is 0 Å². The first-order valence-electron chi connectivity index (χ1n) is 4.05. The smallest absolute Gasteiger partial charge is 0.142 e. The van der Waals surface area contributed by atoms with Gasteiger partial charge < -0.3 is 4.34 Å². The SMILES string of the molecule is CC.Pn1ccc2cccnc21. The van der Waals surface area contributed by atoms with Crippen molar-refractivity contribution in [3.63, 3.8) is 0 Å². The standard InChI is InChI=1S/C7H7N2P.C2H6/c10-9-5-3-6-2-1-4-8-7(6)9;1-2/h1-5H,10H2;1-2H3. The summed E-state index contributed by atoms with van der Waals surface area (Å²) in [4.78, 5) is 4.18. The molecule has 2 heterocycles. The average molecular weight is 180 g/mol. The number of aromatic nitrogens is 2. The van der Waals surface area contributed by atoms with E-state index in [9.17, 15) is 0 Å². The maximum Gasteiger partial charge on any atom is 0.142 e. The molecule has 0 saturated carbocycles. The fourth-order valence-corrected chi connectivity index (χ4v) is 1.29. The summed E-state index contributed by atoms with van der Waals surface area (Å²) in [6.07, 6.45) is 3.77. The summed E-state index contributed by atoms with van der Waals surface area (Å²) >= 11 is 0. The second-order valence-corrected chi connectivity index (χ2v) is 2.70. The van der Waals surface area contributed by atoms with Gasteiger partial charge in [0.2, 0.25) is 0 Å². The van der Waals surface area contributed by atoms with Crippen LogP contribution in [-0.2, 0) is 0 Å². The maximum atomic E-state index is 4.18. The van der Waals surface area contributed by atoms with E-state index >= 15 is 0 Å². The second-order valence-electron chi connectivity index (χ2n) is 2.14. The molecule has 0 aromatic carbocycles. The van der Waals surface area contributed by atoms with Gasteiger partial charge in [-0.25, -0.2) is 4.98 Å². The first kappa shape index (κ1) is 9.21. The Morgan fingerprint density at radius 3 is 2.75 bits per heavy atom. The first-order chi connectivity index (χ1) is 5.88. The van der Waals surface area contributed by atoms with Crippen LogP contribution in [0.4, 0.5) is 0 Å². The number of hydrogen-bond acceptors (Lipinski definition) is 1. The van der Waals surface area contributed by atoms with E-state index in [0.29, 0.717) is 0 Å². The van der Waals surface area contributed by atoms with Crippen LogP contribution in [0, 0.1) is 0 Å². The molecule has 64 valence electrons. The fourth-order valence-electron chi connectivity index (χ4n) is 0.986. The Labute approximate surface area is 74.9 Å². The summed E-state index contributed by atoms with van der Waals surface area (Å²) in [6, 6.07) is 6.02. The van der Waals surface area contributed by atoms with Gasteiger partial charge in [0.15, 0.2) is 0 Å². The zero-order chi connectivity index (χ0) is 8.97. The Morgan fingerprint density at radius 1 is 1.33 bits per heavy atom. The molecule has 0 aliphatic carbocycles. The van der Waals surface area contributed by atoms with Crippen molar-refractivity contribution in [3.05, 3.63) is 30.6 Å². The molecule has 0 spiro atoms. The lowest BCUT2D eigenvalue weighted by atomic mass is 10.3. The Morgan fingerprint density at radius 2 is 2.08 bits per heavy atom. The van der Waals surface area contributed by atoms with Crippen molar-refractivity contribution in [2.45, 2.75) is 13.8 Å². The average Bonchev–Trinajstić information content (AvgIpc) is 2.53. The zero-order valence-electron chi connectivity index (χ0n) is 7.36. The lowest BCUT2D eigenvalue weighted by Gasteiger charge is -1.90. The van der Waals surface area contributed by atoms with Gasteiger partial charge in [0.05, 0.1) is 0 Å². The predicted molar refractivity (Wildman–Crippen MR) is 56.2 cm³/mol. The minimum Gasteiger partial charge on any atom is -0.317 e. The van der Waals surface area contributed by atoms with Gasteiger partial charge in [-0.05, 0) is 27.6 Å². The molecule has 1 unspecified atom stereocenters. The summed E-state index contributed by atoms with van der Waals surface area (Å²) in [5, 5.41) is 1.18. The fraction of sp³-hybridized carbons (Fsp3) is 0.222. The zero-order valence-corrected chi connectivity index (χ0v) is 8.51. The van der Waals surface area contributed by atoms with E-state index in [1.165, 1.54) is 5.39 Å². The quantitative estimate of drug-likeness (QED) is 0.570. The van der Waals surface area contributed by atoms with E-state index in [1.54, 1.807) is 6.20 Å². The van der Waals surface area contributed by atoms with Crippen LogP contribution < -0.4 is 0 Å². The second kappa shape index (κ2) is 4.22. The third-order valence-electron chi connectivity index (χ3n) is 1.48. The molecule has 0 saturated heterocycles. The maximum absolute atomic E-state index is 4.18. The number of nitrogens with zero attached hydrogens (tertiary/aromatic N) is 2. The van der Waals surface area contributed by atoms with E-state index in [2.05, 4.69) is 14.4 Å². The topological polar surface area (TPSA) is 17.8 Å². The van der Waals surface area contributed by atoms with Crippen molar-refractivity contribution < 1.29 is 0 Å². The molecule has 0 aliphatic heterocycles. The van der Waals surface area contributed by atoms with Crippen molar-refractivity contribution in [2.75, 3.05) is 0 Å². The van der Waals surface area contributed by atoms with E-state index < -0.39 is 0 Å². The van der Waals surface area contributed by atoms with E-state index in [1.807, 2.05) is 42.6 Å². The van der Waals surface area contributed by atoms with Crippen LogP contribution in [0.1, 0.15) is 13.8 Å². The largest absolute Gasteiger partial charge is 0.317 e. The molecule has 2 nitrogen and oxygen atoms in total. The molecule has 0 aliphatic rings. The lowest BCUT2D eigenvalue weighted by Crippen LogP contribution is -1.77. The van der Waals surface area contributed by atoms with Gasteiger partial charge in [-0.3, -0.25) is 0 Å². The van der Waals surface area contributed by atoms with Crippen molar-refractivity contribution in [3.8, 4) is 0 Å². The summed E-state index contributed by atoms with van der Waals surface area (Å²) in [5.74, 6) is 0. The van der Waals surface area contributed by atoms with Crippen molar-refractivity contribution in [1.29, 1.82) is 0 Å². The van der Waals surface area contributed by atoms with Gasteiger partial charge in [0.1, 0.15) is 5.65 Å². The molecule has 2 aromatic heterocycles. The molecule has 0 radical (unpaired) electrons. The third kappa shape index (κ3) is 1.64. The molecule has 2 aromatic rings. The van der Waals surface area contributed by atoms with E-state index in [4.69, 9.17) is 0 Å². The summed E-state index contributed by atoms with van der Waals surface area (Å²) < 4.78 is 1.93. The summed E-state index contributed by atoms with van der Waals surface area (Å²) in [5.41, 5.74) is 1.01. The van der Waals surface area contributed by atoms with Crippen LogP contribution in [0.3, 0.4) is 0 Å². The first-order valence-corrected chi connectivity index (χ1v) is 4.57. The van der Waals surface area contributed by atoms with Crippen molar-refractivity contribution in [2.24, 2.45) is 0 Å². The van der Waals surface area contributed by atoms with Crippen LogP contribution in [0.15, 0.2) is 30.6 Å². The predicted octanol–water partition coefficient (Wildman–Crippen LogP) is 2.70. The number of pyridine rings is 1. The Bertz CT molecular complexity index is 354. The van der Waals surface area contributed by atoms with Crippen molar-refractivity contribution in [1.82, 2.24) is 9.32 Å². The highest BCUT2D eigenvalue weighted by atomic mass is 31.0. The van der Waals surface area contributed by atoms with Crippen LogP contribution in [0.2, 0.25) is 0 Å².